The minimum Gasteiger partial charge on any atom is -0.291 e. The molecular weight excluding hydrogens is 369 g/mol. The van der Waals surface area contributed by atoms with Crippen molar-refractivity contribution in [2.24, 2.45) is 0 Å². The molecule has 126 valence electrons. The summed E-state index contributed by atoms with van der Waals surface area (Å²) in [6.45, 7) is 0. The third-order valence-electron chi connectivity index (χ3n) is 2.75. The molecule has 2 aromatic rings. The number of pyridine rings is 1. The maximum Gasteiger partial charge on any atom is 0.417 e. The van der Waals surface area contributed by atoms with Gasteiger partial charge in [0.2, 0.25) is 0 Å². The fourth-order valence-corrected chi connectivity index (χ4v) is 2.69. The van der Waals surface area contributed by atoms with Gasteiger partial charge in [0.1, 0.15) is 0 Å². The van der Waals surface area contributed by atoms with Crippen LogP contribution in [0.4, 0.5) is 19.0 Å². The van der Waals surface area contributed by atoms with Crippen LogP contribution in [-0.4, -0.2) is 13.4 Å². The number of benzene rings is 1. The molecule has 0 saturated heterocycles. The van der Waals surface area contributed by atoms with E-state index >= 15 is 0 Å². The van der Waals surface area contributed by atoms with Gasteiger partial charge < -0.3 is 0 Å². The number of hydrazine groups is 1. The summed E-state index contributed by atoms with van der Waals surface area (Å²) in [6, 6.07) is 7.57. The van der Waals surface area contributed by atoms with E-state index in [-0.39, 0.29) is 16.3 Å². The molecule has 24 heavy (non-hydrogen) atoms. The van der Waals surface area contributed by atoms with Gasteiger partial charge in [-0.25, -0.2) is 13.4 Å². The quantitative estimate of drug-likeness (QED) is 0.800. The monoisotopic (exact) mass is 376 g/mol. The maximum atomic E-state index is 12.5. The van der Waals surface area contributed by atoms with E-state index in [9.17, 15) is 21.6 Å². The lowest BCUT2D eigenvalue weighted by molar-refractivity contribution is -0.137. The number of alkyl halides is 3. The van der Waals surface area contributed by atoms with Crippen LogP contribution in [0.3, 0.4) is 0 Å². The van der Waals surface area contributed by atoms with Crippen molar-refractivity contribution in [3.8, 4) is 6.07 Å². The minimum atomic E-state index is -4.62. The highest BCUT2D eigenvalue weighted by Crippen LogP contribution is 2.32. The number of hydrogen-bond acceptors (Lipinski definition) is 5. The molecule has 1 aromatic carbocycles. The second-order valence-corrected chi connectivity index (χ2v) is 6.51. The predicted octanol–water partition coefficient (Wildman–Crippen LogP) is 2.93. The number of aromatic nitrogens is 1. The van der Waals surface area contributed by atoms with Crippen molar-refractivity contribution >= 4 is 27.4 Å². The van der Waals surface area contributed by atoms with Crippen LogP contribution in [0.25, 0.3) is 0 Å². The Labute approximate surface area is 139 Å². The van der Waals surface area contributed by atoms with Gasteiger partial charge in [-0.05, 0) is 24.3 Å². The molecule has 0 aliphatic heterocycles. The van der Waals surface area contributed by atoms with Gasteiger partial charge in [0.25, 0.3) is 10.0 Å². The van der Waals surface area contributed by atoms with E-state index in [1.807, 2.05) is 4.83 Å². The first-order valence-corrected chi connectivity index (χ1v) is 8.00. The Morgan fingerprint density at radius 3 is 2.54 bits per heavy atom. The van der Waals surface area contributed by atoms with Gasteiger partial charge in [-0.2, -0.15) is 18.4 Å². The Hall–Kier alpha value is -2.35. The van der Waals surface area contributed by atoms with Gasteiger partial charge >= 0.3 is 6.18 Å². The number of sulfonamides is 1. The smallest absolute Gasteiger partial charge is 0.291 e. The number of hydrogen-bond donors (Lipinski definition) is 2. The average Bonchev–Trinajstić information content (AvgIpc) is 2.53. The zero-order valence-corrected chi connectivity index (χ0v) is 13.2. The van der Waals surface area contributed by atoms with Crippen LogP contribution < -0.4 is 10.3 Å². The van der Waals surface area contributed by atoms with Gasteiger partial charge in [0.05, 0.1) is 27.1 Å². The summed E-state index contributed by atoms with van der Waals surface area (Å²) in [5, 5.41) is 8.35. The summed E-state index contributed by atoms with van der Waals surface area (Å²) < 4.78 is 61.7. The van der Waals surface area contributed by atoms with Crippen LogP contribution in [0.5, 0.6) is 0 Å². The summed E-state index contributed by atoms with van der Waals surface area (Å²) in [5.41, 5.74) is 1.20. The standard InChI is InChI=1S/C13H8ClF3N4O2S/c14-11-5-9(13(15,16)17)7-19-12(11)20-21-24(22,23)10-3-1-2-8(4-10)6-18/h1-5,7,21H,(H,19,20). The number of nitrogens with one attached hydrogen (secondary N) is 2. The van der Waals surface area contributed by atoms with Crippen molar-refractivity contribution in [2.45, 2.75) is 11.1 Å². The predicted molar refractivity (Wildman–Crippen MR) is 79.4 cm³/mol. The van der Waals surface area contributed by atoms with Crippen LogP contribution in [0.2, 0.25) is 5.02 Å². The molecule has 0 bridgehead atoms. The van der Waals surface area contributed by atoms with E-state index in [1.165, 1.54) is 18.2 Å². The van der Waals surface area contributed by atoms with Crippen LogP contribution in [0, 0.1) is 11.3 Å². The van der Waals surface area contributed by atoms with Gasteiger partial charge in [-0.3, -0.25) is 5.43 Å². The molecule has 0 radical (unpaired) electrons. The Morgan fingerprint density at radius 2 is 1.96 bits per heavy atom. The molecule has 0 aliphatic carbocycles. The SMILES string of the molecule is N#Cc1cccc(S(=O)(=O)NNc2ncc(C(F)(F)F)cc2Cl)c1. The van der Waals surface area contributed by atoms with Gasteiger partial charge in [0, 0.05) is 6.20 Å². The molecule has 11 heteroatoms. The molecule has 1 heterocycles. The lowest BCUT2D eigenvalue weighted by atomic mass is 10.2. The number of halogens is 4. The van der Waals surface area contributed by atoms with E-state index in [4.69, 9.17) is 16.9 Å². The molecule has 0 atom stereocenters. The van der Waals surface area contributed by atoms with Crippen molar-refractivity contribution in [1.82, 2.24) is 9.82 Å². The number of nitrogens with zero attached hydrogens (tertiary/aromatic N) is 2. The lowest BCUT2D eigenvalue weighted by Crippen LogP contribution is -2.30. The van der Waals surface area contributed by atoms with Crippen LogP contribution >= 0.6 is 11.6 Å². The van der Waals surface area contributed by atoms with E-state index in [0.717, 1.165) is 6.07 Å². The first-order chi connectivity index (χ1) is 11.1. The zero-order valence-electron chi connectivity index (χ0n) is 11.6. The van der Waals surface area contributed by atoms with Crippen LogP contribution in [-0.2, 0) is 16.2 Å². The Morgan fingerprint density at radius 1 is 1.25 bits per heavy atom. The maximum absolute atomic E-state index is 12.5. The largest absolute Gasteiger partial charge is 0.417 e. The first kappa shape index (κ1) is 18.0. The summed E-state index contributed by atoms with van der Waals surface area (Å²) in [6.07, 6.45) is -4.11. The Balaban J connectivity index is 2.19. The second-order valence-electron chi connectivity index (χ2n) is 4.42. The highest BCUT2D eigenvalue weighted by Gasteiger charge is 2.31. The van der Waals surface area contributed by atoms with E-state index in [1.54, 1.807) is 6.07 Å². The number of anilines is 1. The highest BCUT2D eigenvalue weighted by atomic mass is 35.5. The summed E-state index contributed by atoms with van der Waals surface area (Å²) in [5.74, 6) is -0.301. The van der Waals surface area contributed by atoms with Crippen molar-refractivity contribution in [3.05, 3.63) is 52.7 Å². The van der Waals surface area contributed by atoms with Gasteiger partial charge in [0.15, 0.2) is 5.82 Å². The zero-order chi connectivity index (χ0) is 18.0. The summed E-state index contributed by atoms with van der Waals surface area (Å²) >= 11 is 5.66. The molecule has 2 rings (SSSR count). The van der Waals surface area contributed by atoms with Crippen molar-refractivity contribution in [3.63, 3.8) is 0 Å². The molecule has 0 saturated carbocycles. The third-order valence-corrected chi connectivity index (χ3v) is 4.28. The highest BCUT2D eigenvalue weighted by molar-refractivity contribution is 7.89. The summed E-state index contributed by atoms with van der Waals surface area (Å²) in [4.78, 5) is 5.15. The topological polar surface area (TPSA) is 94.9 Å². The molecule has 0 fully saturated rings. The fraction of sp³-hybridized carbons (Fsp3) is 0.0769. The second kappa shape index (κ2) is 6.64. The molecule has 0 spiro atoms. The molecule has 1 aromatic heterocycles. The lowest BCUT2D eigenvalue weighted by Gasteiger charge is -2.12. The molecule has 6 nitrogen and oxygen atoms in total. The third kappa shape index (κ3) is 4.14. The molecular formula is C13H8ClF3N4O2S. The summed E-state index contributed by atoms with van der Waals surface area (Å²) in [7, 11) is -4.08. The Kier molecular flexibility index (Phi) is 4.98. The average molecular weight is 377 g/mol. The van der Waals surface area contributed by atoms with Crippen molar-refractivity contribution in [2.75, 3.05) is 5.43 Å². The van der Waals surface area contributed by atoms with E-state index in [2.05, 4.69) is 10.4 Å². The van der Waals surface area contributed by atoms with Crippen molar-refractivity contribution in [1.29, 1.82) is 5.26 Å². The Bertz CT molecular complexity index is 910. The van der Waals surface area contributed by atoms with E-state index < -0.39 is 26.8 Å². The van der Waals surface area contributed by atoms with Crippen LogP contribution in [0.1, 0.15) is 11.1 Å². The minimum absolute atomic E-state index is 0.128. The fourth-order valence-electron chi connectivity index (χ4n) is 1.59. The number of rotatable bonds is 4. The van der Waals surface area contributed by atoms with E-state index in [0.29, 0.717) is 12.3 Å². The normalized spacial score (nSPS) is 11.8. The molecule has 0 unspecified atom stereocenters. The van der Waals surface area contributed by atoms with Gasteiger partial charge in [-0.1, -0.05) is 17.7 Å². The molecule has 2 N–H and O–H groups in total. The first-order valence-electron chi connectivity index (χ1n) is 6.14. The molecule has 0 aliphatic rings. The molecule has 0 amide bonds. The van der Waals surface area contributed by atoms with Gasteiger partial charge in [-0.15, -0.1) is 4.83 Å². The van der Waals surface area contributed by atoms with Crippen molar-refractivity contribution < 1.29 is 21.6 Å². The van der Waals surface area contributed by atoms with Crippen LogP contribution in [0.15, 0.2) is 41.4 Å². The number of nitriles is 1.